The van der Waals surface area contributed by atoms with Gasteiger partial charge in [0.1, 0.15) is 5.75 Å². The molecule has 0 saturated heterocycles. The summed E-state index contributed by atoms with van der Waals surface area (Å²) in [6.07, 6.45) is 1.11. The molecule has 2 aliphatic rings. The molecule has 0 bridgehead atoms. The fraction of sp³-hybridized carbons (Fsp3) is 0.250. The molecule has 0 radical (unpaired) electrons. The molecule has 5 nitrogen and oxygen atoms in total. The van der Waals surface area contributed by atoms with Crippen LogP contribution >= 0.6 is 23.2 Å². The van der Waals surface area contributed by atoms with Crippen LogP contribution in [0.4, 0.5) is 5.88 Å². The van der Waals surface area contributed by atoms with E-state index in [1.165, 1.54) is 0 Å². The fourth-order valence-corrected chi connectivity index (χ4v) is 5.15. The third-order valence-corrected chi connectivity index (χ3v) is 6.68. The molecule has 31 heavy (non-hydrogen) atoms. The summed E-state index contributed by atoms with van der Waals surface area (Å²) in [5, 5.41) is 8.55. The van der Waals surface area contributed by atoms with Gasteiger partial charge in [0.2, 0.25) is 5.88 Å². The summed E-state index contributed by atoms with van der Waals surface area (Å²) < 4.78 is 10.8. The molecule has 2 aromatic carbocycles. The normalized spacial score (nSPS) is 20.2. The van der Waals surface area contributed by atoms with Gasteiger partial charge in [-0.25, -0.2) is 0 Å². The Morgan fingerprint density at radius 1 is 1.13 bits per heavy atom. The van der Waals surface area contributed by atoms with Crippen LogP contribution in [0.25, 0.3) is 0 Å². The number of halogens is 2. The third-order valence-electron chi connectivity index (χ3n) is 6.12. The average Bonchev–Trinajstić information content (AvgIpc) is 3.13. The highest BCUT2D eigenvalue weighted by Gasteiger charge is 2.41. The second-order valence-corrected chi connectivity index (χ2v) is 8.77. The number of aromatic nitrogens is 1. The summed E-state index contributed by atoms with van der Waals surface area (Å²) in [6.45, 7) is 1.87. The quantitative estimate of drug-likeness (QED) is 0.505. The lowest BCUT2D eigenvalue weighted by Gasteiger charge is -2.34. The van der Waals surface area contributed by atoms with Crippen LogP contribution < -0.4 is 10.1 Å². The summed E-state index contributed by atoms with van der Waals surface area (Å²) in [6, 6.07) is 13.3. The van der Waals surface area contributed by atoms with Crippen molar-refractivity contribution in [1.29, 1.82) is 0 Å². The monoisotopic (exact) mass is 454 g/mol. The number of ketones is 1. The molecule has 1 aromatic heterocycles. The van der Waals surface area contributed by atoms with Crippen molar-refractivity contribution in [3.63, 3.8) is 0 Å². The van der Waals surface area contributed by atoms with Crippen LogP contribution in [0.2, 0.25) is 10.0 Å². The molecule has 0 fully saturated rings. The molecule has 158 valence electrons. The smallest absolute Gasteiger partial charge is 0.233 e. The Bertz CT molecular complexity index is 1210. The van der Waals surface area contributed by atoms with Crippen molar-refractivity contribution in [1.82, 2.24) is 5.16 Å². The first kappa shape index (κ1) is 20.2. The first-order chi connectivity index (χ1) is 15.0. The van der Waals surface area contributed by atoms with Crippen molar-refractivity contribution in [3.05, 3.63) is 86.2 Å². The number of carbonyl (C=O) groups is 1. The molecular formula is C24H20Cl2N2O3. The van der Waals surface area contributed by atoms with Gasteiger partial charge in [0.05, 0.1) is 18.4 Å². The maximum atomic E-state index is 13.5. The second-order valence-electron chi connectivity index (χ2n) is 7.93. The van der Waals surface area contributed by atoms with Gasteiger partial charge in [0, 0.05) is 33.7 Å². The molecule has 0 unspecified atom stereocenters. The van der Waals surface area contributed by atoms with Gasteiger partial charge in [-0.3, -0.25) is 4.79 Å². The number of hydrogen-bond acceptors (Lipinski definition) is 5. The van der Waals surface area contributed by atoms with Crippen molar-refractivity contribution >= 4 is 34.9 Å². The number of Topliss-reactive ketones (excluding diaryl/α,β-unsaturated/α-hetero) is 1. The van der Waals surface area contributed by atoms with Crippen LogP contribution in [-0.4, -0.2) is 18.0 Å². The molecule has 3 aromatic rings. The van der Waals surface area contributed by atoms with Crippen molar-refractivity contribution < 1.29 is 14.1 Å². The van der Waals surface area contributed by atoms with E-state index >= 15 is 0 Å². The molecule has 5 rings (SSSR count). The van der Waals surface area contributed by atoms with Gasteiger partial charge in [0.25, 0.3) is 0 Å². The minimum absolute atomic E-state index is 0.0663. The zero-order chi connectivity index (χ0) is 21.7. The van der Waals surface area contributed by atoms with Gasteiger partial charge in [0.15, 0.2) is 5.78 Å². The number of rotatable bonds is 3. The number of methoxy groups -OCH3 is 1. The number of benzene rings is 2. The van der Waals surface area contributed by atoms with Crippen LogP contribution in [0.1, 0.15) is 47.1 Å². The van der Waals surface area contributed by atoms with E-state index in [4.69, 9.17) is 32.5 Å². The van der Waals surface area contributed by atoms with E-state index in [1.54, 1.807) is 19.2 Å². The van der Waals surface area contributed by atoms with Gasteiger partial charge in [-0.2, -0.15) is 0 Å². The van der Waals surface area contributed by atoms with E-state index in [0.29, 0.717) is 28.8 Å². The summed E-state index contributed by atoms with van der Waals surface area (Å²) in [7, 11) is 1.64. The lowest BCUT2D eigenvalue weighted by atomic mass is 9.72. The first-order valence-electron chi connectivity index (χ1n) is 10.0. The Balaban J connectivity index is 1.60. The number of nitrogens with one attached hydrogen (secondary N) is 1. The number of carbonyl (C=O) groups excluding carboxylic acids is 1. The summed E-state index contributed by atoms with van der Waals surface area (Å²) in [5.41, 5.74) is 5.09. The zero-order valence-corrected chi connectivity index (χ0v) is 18.6. The lowest BCUT2D eigenvalue weighted by Crippen LogP contribution is -2.29. The molecule has 1 aliphatic carbocycles. The molecule has 0 spiro atoms. The van der Waals surface area contributed by atoms with Gasteiger partial charge in [-0.05, 0) is 54.7 Å². The van der Waals surface area contributed by atoms with Crippen LogP contribution in [0.3, 0.4) is 0 Å². The topological polar surface area (TPSA) is 64.4 Å². The number of aryl methyl sites for hydroxylation is 1. The number of ether oxygens (including phenoxy) is 1. The van der Waals surface area contributed by atoms with Gasteiger partial charge in [-0.15, -0.1) is 0 Å². The molecule has 2 heterocycles. The predicted molar refractivity (Wildman–Crippen MR) is 120 cm³/mol. The first-order valence-corrected chi connectivity index (χ1v) is 10.8. The van der Waals surface area contributed by atoms with Crippen LogP contribution in [-0.2, 0) is 4.79 Å². The number of fused-ring (bicyclic) bond motifs is 1. The minimum atomic E-state index is -0.341. The zero-order valence-electron chi connectivity index (χ0n) is 17.0. The van der Waals surface area contributed by atoms with Crippen LogP contribution in [0.5, 0.6) is 5.75 Å². The number of hydrogen-bond donors (Lipinski definition) is 1. The maximum absolute atomic E-state index is 13.5. The Kier molecular flexibility index (Phi) is 5.03. The average molecular weight is 455 g/mol. The van der Waals surface area contributed by atoms with Crippen molar-refractivity contribution in [3.8, 4) is 5.75 Å². The molecule has 2 atom stereocenters. The van der Waals surface area contributed by atoms with E-state index in [1.807, 2.05) is 37.3 Å². The number of anilines is 1. The fourth-order valence-electron chi connectivity index (χ4n) is 4.63. The molecule has 7 heteroatoms. The van der Waals surface area contributed by atoms with Crippen molar-refractivity contribution in [2.24, 2.45) is 0 Å². The highest BCUT2D eigenvalue weighted by molar-refractivity contribution is 6.35. The largest absolute Gasteiger partial charge is 0.497 e. The molecule has 0 amide bonds. The summed E-state index contributed by atoms with van der Waals surface area (Å²) in [4.78, 5) is 13.5. The Hall–Kier alpha value is -2.76. The Morgan fingerprint density at radius 2 is 1.90 bits per heavy atom. The van der Waals surface area contributed by atoms with E-state index in [9.17, 15) is 4.79 Å². The third kappa shape index (κ3) is 3.42. The summed E-state index contributed by atoms with van der Waals surface area (Å²) in [5.74, 6) is 1.18. The highest BCUT2D eigenvalue weighted by Crippen LogP contribution is 2.50. The van der Waals surface area contributed by atoms with Crippen LogP contribution in [0, 0.1) is 6.92 Å². The number of allylic oxidation sites excluding steroid dienone is 2. The molecular weight excluding hydrogens is 435 g/mol. The van der Waals surface area contributed by atoms with Crippen molar-refractivity contribution in [2.75, 3.05) is 12.4 Å². The van der Waals surface area contributed by atoms with Gasteiger partial charge >= 0.3 is 0 Å². The molecule has 0 saturated carbocycles. The van der Waals surface area contributed by atoms with E-state index < -0.39 is 0 Å². The molecule has 1 aliphatic heterocycles. The standard InChI is InChI=1S/C24H20Cl2N2O3/c1-12-21-22(17-8-5-15(25)11-18(17)26)23-19(27-24(21)31-28-12)9-14(10-20(23)29)13-3-6-16(30-2)7-4-13/h3-8,11,14,22,27H,9-10H2,1-2H3/t14-,22+/m0/s1. The maximum Gasteiger partial charge on any atom is 0.233 e. The van der Waals surface area contributed by atoms with E-state index in [2.05, 4.69) is 10.5 Å². The molecule has 1 N–H and O–H groups in total. The van der Waals surface area contributed by atoms with Crippen molar-refractivity contribution in [2.45, 2.75) is 31.6 Å². The van der Waals surface area contributed by atoms with E-state index in [-0.39, 0.29) is 17.6 Å². The SMILES string of the molecule is COc1ccc([C@@H]2CC(=O)C3=C(C2)Nc2onc(C)c2[C@H]3c2ccc(Cl)cc2Cl)cc1. The number of nitrogens with zero attached hydrogens (tertiary/aromatic N) is 1. The minimum Gasteiger partial charge on any atom is -0.497 e. The van der Waals surface area contributed by atoms with Gasteiger partial charge < -0.3 is 14.6 Å². The predicted octanol–water partition coefficient (Wildman–Crippen LogP) is 6.26. The van der Waals surface area contributed by atoms with Gasteiger partial charge in [-0.1, -0.05) is 46.6 Å². The lowest BCUT2D eigenvalue weighted by molar-refractivity contribution is -0.116. The second kappa shape index (κ2) is 7.74. The highest BCUT2D eigenvalue weighted by atomic mass is 35.5. The Morgan fingerprint density at radius 3 is 2.61 bits per heavy atom. The summed E-state index contributed by atoms with van der Waals surface area (Å²) >= 11 is 12.7. The van der Waals surface area contributed by atoms with E-state index in [0.717, 1.165) is 39.4 Å². The Labute approximate surface area is 190 Å². The van der Waals surface area contributed by atoms with Crippen LogP contribution in [0.15, 0.2) is 58.3 Å².